The standard InChI is InChI=1S/C16H20N4O/c1-2-19(13-8-6-7-9-13)16(21)15-12-17-20(18-15)14-10-4-3-5-11-14/h3-5,10-13H,2,6-9H2,1H3. The largest absolute Gasteiger partial charge is 0.334 e. The molecule has 1 aromatic carbocycles. The summed E-state index contributed by atoms with van der Waals surface area (Å²) in [4.78, 5) is 16.1. The van der Waals surface area contributed by atoms with Crippen molar-refractivity contribution in [3.8, 4) is 5.69 Å². The third-order valence-electron chi connectivity index (χ3n) is 4.07. The van der Waals surface area contributed by atoms with Gasteiger partial charge in [0.25, 0.3) is 5.91 Å². The molecule has 1 amide bonds. The molecule has 0 aliphatic heterocycles. The molecule has 2 aromatic rings. The molecular weight excluding hydrogens is 264 g/mol. The van der Waals surface area contributed by atoms with E-state index in [1.54, 1.807) is 6.20 Å². The lowest BCUT2D eigenvalue weighted by Gasteiger charge is -2.26. The number of amides is 1. The van der Waals surface area contributed by atoms with Crippen molar-refractivity contribution in [3.05, 3.63) is 42.2 Å². The summed E-state index contributed by atoms with van der Waals surface area (Å²) in [5.74, 6) is -0.00780. The zero-order valence-electron chi connectivity index (χ0n) is 12.3. The fraction of sp³-hybridized carbons (Fsp3) is 0.438. The third kappa shape index (κ3) is 2.82. The number of hydrogen-bond acceptors (Lipinski definition) is 3. The Hall–Kier alpha value is -2.17. The summed E-state index contributed by atoms with van der Waals surface area (Å²) >= 11 is 0. The summed E-state index contributed by atoms with van der Waals surface area (Å²) in [6.45, 7) is 2.75. The lowest BCUT2D eigenvalue weighted by atomic mass is 10.2. The first kappa shape index (κ1) is 13.8. The van der Waals surface area contributed by atoms with Crippen molar-refractivity contribution < 1.29 is 4.79 Å². The maximum Gasteiger partial charge on any atom is 0.276 e. The number of nitrogens with zero attached hydrogens (tertiary/aromatic N) is 4. The molecule has 0 unspecified atom stereocenters. The molecule has 3 rings (SSSR count). The molecule has 1 heterocycles. The van der Waals surface area contributed by atoms with Gasteiger partial charge in [-0.1, -0.05) is 31.0 Å². The van der Waals surface area contributed by atoms with Gasteiger partial charge in [0, 0.05) is 12.6 Å². The number of hydrogen-bond donors (Lipinski definition) is 0. The molecule has 1 saturated carbocycles. The topological polar surface area (TPSA) is 51.0 Å². The van der Waals surface area contributed by atoms with E-state index in [2.05, 4.69) is 10.2 Å². The van der Waals surface area contributed by atoms with Crippen molar-refractivity contribution in [1.82, 2.24) is 19.9 Å². The molecule has 1 fully saturated rings. The highest BCUT2D eigenvalue weighted by Crippen LogP contribution is 2.24. The minimum Gasteiger partial charge on any atom is -0.334 e. The molecule has 5 nitrogen and oxygen atoms in total. The molecule has 1 aromatic heterocycles. The number of carbonyl (C=O) groups is 1. The van der Waals surface area contributed by atoms with Crippen molar-refractivity contribution in [3.63, 3.8) is 0 Å². The summed E-state index contributed by atoms with van der Waals surface area (Å²) in [5.41, 5.74) is 1.29. The summed E-state index contributed by atoms with van der Waals surface area (Å²) < 4.78 is 0. The molecule has 0 saturated heterocycles. The van der Waals surface area contributed by atoms with Gasteiger partial charge in [-0.15, -0.1) is 5.10 Å². The van der Waals surface area contributed by atoms with Gasteiger partial charge in [-0.2, -0.15) is 9.90 Å². The minimum absolute atomic E-state index is 0.00780. The van der Waals surface area contributed by atoms with E-state index in [-0.39, 0.29) is 5.91 Å². The van der Waals surface area contributed by atoms with Crippen LogP contribution in [0.25, 0.3) is 5.69 Å². The predicted molar refractivity (Wildman–Crippen MR) is 80.3 cm³/mol. The van der Waals surface area contributed by atoms with Crippen molar-refractivity contribution >= 4 is 5.91 Å². The van der Waals surface area contributed by atoms with Crippen LogP contribution in [0.3, 0.4) is 0 Å². The molecule has 0 N–H and O–H groups in total. The van der Waals surface area contributed by atoms with E-state index in [0.717, 1.165) is 25.1 Å². The van der Waals surface area contributed by atoms with Crippen LogP contribution >= 0.6 is 0 Å². The van der Waals surface area contributed by atoms with Gasteiger partial charge in [-0.3, -0.25) is 4.79 Å². The highest BCUT2D eigenvalue weighted by molar-refractivity contribution is 5.92. The van der Waals surface area contributed by atoms with E-state index < -0.39 is 0 Å². The van der Waals surface area contributed by atoms with Crippen LogP contribution in [0.15, 0.2) is 36.5 Å². The molecular formula is C16H20N4O. The smallest absolute Gasteiger partial charge is 0.276 e. The van der Waals surface area contributed by atoms with Gasteiger partial charge in [0.15, 0.2) is 5.69 Å². The Kier molecular flexibility index (Phi) is 3.99. The highest BCUT2D eigenvalue weighted by Gasteiger charge is 2.27. The van der Waals surface area contributed by atoms with E-state index in [1.165, 1.54) is 17.6 Å². The first-order valence-electron chi connectivity index (χ1n) is 7.58. The first-order chi connectivity index (χ1) is 10.3. The van der Waals surface area contributed by atoms with Crippen LogP contribution in [0.5, 0.6) is 0 Å². The molecule has 5 heteroatoms. The quantitative estimate of drug-likeness (QED) is 0.867. The Bertz CT molecular complexity index is 602. The summed E-state index contributed by atoms with van der Waals surface area (Å²) in [6.07, 6.45) is 6.20. The van der Waals surface area contributed by atoms with Crippen LogP contribution in [0.1, 0.15) is 43.1 Å². The van der Waals surface area contributed by atoms with E-state index in [4.69, 9.17) is 0 Å². The van der Waals surface area contributed by atoms with Gasteiger partial charge in [0.05, 0.1) is 11.9 Å². The second kappa shape index (κ2) is 6.08. The van der Waals surface area contributed by atoms with Crippen LogP contribution in [0.2, 0.25) is 0 Å². The average Bonchev–Trinajstić information content (AvgIpc) is 3.20. The summed E-state index contributed by atoms with van der Waals surface area (Å²) in [5, 5.41) is 8.54. The summed E-state index contributed by atoms with van der Waals surface area (Å²) in [6, 6.07) is 10.0. The van der Waals surface area contributed by atoms with Gasteiger partial charge < -0.3 is 4.90 Å². The zero-order chi connectivity index (χ0) is 14.7. The first-order valence-corrected chi connectivity index (χ1v) is 7.58. The predicted octanol–water partition coefficient (Wildman–Crippen LogP) is 2.67. The van der Waals surface area contributed by atoms with Gasteiger partial charge in [0.2, 0.25) is 0 Å². The van der Waals surface area contributed by atoms with E-state index in [9.17, 15) is 4.79 Å². The Balaban J connectivity index is 1.80. The highest BCUT2D eigenvalue weighted by atomic mass is 16.2. The number of aromatic nitrogens is 3. The van der Waals surface area contributed by atoms with Crippen LogP contribution in [0, 0.1) is 0 Å². The fourth-order valence-corrected chi connectivity index (χ4v) is 2.98. The molecule has 1 aliphatic carbocycles. The third-order valence-corrected chi connectivity index (χ3v) is 4.07. The second-order valence-corrected chi connectivity index (χ2v) is 5.38. The molecule has 110 valence electrons. The number of para-hydroxylation sites is 1. The Morgan fingerprint density at radius 2 is 2.00 bits per heavy atom. The van der Waals surface area contributed by atoms with Crippen molar-refractivity contribution in [2.75, 3.05) is 6.54 Å². The maximum atomic E-state index is 12.6. The Labute approximate surface area is 124 Å². The van der Waals surface area contributed by atoms with Crippen LogP contribution < -0.4 is 0 Å². The Morgan fingerprint density at radius 1 is 1.29 bits per heavy atom. The van der Waals surface area contributed by atoms with Gasteiger partial charge in [-0.05, 0) is 31.9 Å². The van der Waals surface area contributed by atoms with E-state index in [1.807, 2.05) is 42.2 Å². The maximum absolute atomic E-state index is 12.6. The zero-order valence-corrected chi connectivity index (χ0v) is 12.3. The van der Waals surface area contributed by atoms with Crippen LogP contribution in [-0.4, -0.2) is 38.4 Å². The molecule has 0 radical (unpaired) electrons. The molecule has 0 atom stereocenters. The molecule has 21 heavy (non-hydrogen) atoms. The second-order valence-electron chi connectivity index (χ2n) is 5.38. The van der Waals surface area contributed by atoms with Crippen molar-refractivity contribution in [2.45, 2.75) is 38.6 Å². The Morgan fingerprint density at radius 3 is 2.67 bits per heavy atom. The number of carbonyl (C=O) groups excluding carboxylic acids is 1. The SMILES string of the molecule is CCN(C(=O)c1cnn(-c2ccccc2)n1)C1CCCC1. The fourth-order valence-electron chi connectivity index (χ4n) is 2.98. The van der Waals surface area contributed by atoms with E-state index >= 15 is 0 Å². The van der Waals surface area contributed by atoms with Crippen molar-refractivity contribution in [2.24, 2.45) is 0 Å². The van der Waals surface area contributed by atoms with Gasteiger partial charge in [0.1, 0.15) is 0 Å². The minimum atomic E-state index is -0.00780. The molecule has 0 bridgehead atoms. The van der Waals surface area contributed by atoms with E-state index in [0.29, 0.717) is 11.7 Å². The average molecular weight is 284 g/mol. The van der Waals surface area contributed by atoms with Gasteiger partial charge >= 0.3 is 0 Å². The monoisotopic (exact) mass is 284 g/mol. The number of benzene rings is 1. The van der Waals surface area contributed by atoms with Crippen molar-refractivity contribution in [1.29, 1.82) is 0 Å². The number of rotatable bonds is 4. The lowest BCUT2D eigenvalue weighted by molar-refractivity contribution is 0.0687. The summed E-state index contributed by atoms with van der Waals surface area (Å²) in [7, 11) is 0. The normalized spacial score (nSPS) is 15.3. The van der Waals surface area contributed by atoms with Gasteiger partial charge in [-0.25, -0.2) is 0 Å². The van der Waals surface area contributed by atoms with Crippen LogP contribution in [0.4, 0.5) is 0 Å². The van der Waals surface area contributed by atoms with Crippen LogP contribution in [-0.2, 0) is 0 Å². The molecule has 1 aliphatic rings. The lowest BCUT2D eigenvalue weighted by Crippen LogP contribution is -2.38. The molecule has 0 spiro atoms.